The van der Waals surface area contributed by atoms with Gasteiger partial charge in [0.05, 0.1) is 20.2 Å². The summed E-state index contributed by atoms with van der Waals surface area (Å²) in [5.74, 6) is 1.44. The van der Waals surface area contributed by atoms with Crippen LogP contribution >= 0.6 is 0 Å². The Bertz CT molecular complexity index is 980. The fourth-order valence-corrected chi connectivity index (χ4v) is 5.60. The number of sulfonamides is 1. The van der Waals surface area contributed by atoms with E-state index in [-0.39, 0.29) is 10.6 Å². The summed E-state index contributed by atoms with van der Waals surface area (Å²) in [5.41, 5.74) is -0.00102. The van der Waals surface area contributed by atoms with Gasteiger partial charge >= 0.3 is 5.69 Å². The molecule has 0 aliphatic carbocycles. The van der Waals surface area contributed by atoms with Gasteiger partial charge in [-0.15, -0.1) is 4.31 Å². The number of piperazine rings is 1. The van der Waals surface area contributed by atoms with Gasteiger partial charge in [0.1, 0.15) is 11.6 Å². The Morgan fingerprint density at radius 3 is 2.67 bits per heavy atom. The first-order valence-electron chi connectivity index (χ1n) is 10.5. The number of benzene rings is 1. The lowest BCUT2D eigenvalue weighted by Gasteiger charge is -2.35. The van der Waals surface area contributed by atoms with Gasteiger partial charge in [0.15, 0.2) is 15.3 Å². The molecule has 3 heterocycles. The van der Waals surface area contributed by atoms with Crippen LogP contribution in [0.5, 0.6) is 5.75 Å². The molecule has 1 aromatic heterocycles. The summed E-state index contributed by atoms with van der Waals surface area (Å²) in [6.07, 6.45) is 3.84. The predicted octanol–water partition coefficient (Wildman–Crippen LogP) is 1.00. The Labute approximate surface area is 177 Å². The van der Waals surface area contributed by atoms with Crippen LogP contribution in [0.2, 0.25) is 0 Å². The van der Waals surface area contributed by atoms with Gasteiger partial charge in [-0.25, -0.2) is 9.48 Å². The summed E-state index contributed by atoms with van der Waals surface area (Å²) in [6.45, 7) is 4.47. The van der Waals surface area contributed by atoms with E-state index in [0.29, 0.717) is 38.5 Å². The zero-order valence-electron chi connectivity index (χ0n) is 17.4. The highest BCUT2D eigenvalue weighted by atomic mass is 32.3. The lowest BCUT2D eigenvalue weighted by Crippen LogP contribution is -2.50. The molecular weight excluding hydrogens is 406 g/mol. The minimum Gasteiger partial charge on any atom is -0.593 e. The van der Waals surface area contributed by atoms with Crippen molar-refractivity contribution in [3.8, 4) is 5.75 Å². The van der Waals surface area contributed by atoms with Gasteiger partial charge in [0.25, 0.3) is 0 Å². The van der Waals surface area contributed by atoms with E-state index >= 15 is 0 Å². The average molecular weight is 436 g/mol. The number of hydrogen-bond donors (Lipinski definition) is 0. The zero-order chi connectivity index (χ0) is 21.1. The lowest BCUT2D eigenvalue weighted by atomic mass is 10.2. The van der Waals surface area contributed by atoms with Crippen molar-refractivity contribution in [2.75, 3.05) is 39.8 Å². The third-order valence-electron chi connectivity index (χ3n) is 5.89. The zero-order valence-corrected chi connectivity index (χ0v) is 18.2. The monoisotopic (exact) mass is 435 g/mol. The van der Waals surface area contributed by atoms with E-state index in [0.717, 1.165) is 44.6 Å². The lowest BCUT2D eigenvalue weighted by molar-refractivity contribution is 0.176. The van der Waals surface area contributed by atoms with Crippen molar-refractivity contribution in [3.05, 3.63) is 40.6 Å². The van der Waals surface area contributed by atoms with E-state index in [9.17, 15) is 13.6 Å². The normalized spacial score (nSPS) is 19.9. The molecule has 1 aromatic carbocycles. The van der Waals surface area contributed by atoms with Crippen LogP contribution in [0, 0.1) is 0 Å². The fourth-order valence-electron chi connectivity index (χ4n) is 4.14. The Balaban J connectivity index is 1.28. The molecule has 1 unspecified atom stereocenters. The maximum absolute atomic E-state index is 12.9. The highest BCUT2D eigenvalue weighted by Gasteiger charge is 2.33. The first-order chi connectivity index (χ1) is 14.5. The molecule has 2 aromatic rings. The maximum Gasteiger partial charge on any atom is 0.345 e. The molecule has 0 saturated carbocycles. The molecule has 4 rings (SSSR count). The molecule has 2 aliphatic rings. The van der Waals surface area contributed by atoms with E-state index in [1.807, 2.05) is 0 Å². The Morgan fingerprint density at radius 1 is 1.13 bits per heavy atom. The first kappa shape index (κ1) is 21.2. The molecule has 0 amide bonds. The van der Waals surface area contributed by atoms with Crippen LogP contribution in [-0.2, 0) is 34.1 Å². The quantitative estimate of drug-likeness (QED) is 0.602. The Morgan fingerprint density at radius 2 is 1.93 bits per heavy atom. The van der Waals surface area contributed by atoms with Crippen molar-refractivity contribution in [3.63, 3.8) is 0 Å². The van der Waals surface area contributed by atoms with Crippen molar-refractivity contribution in [1.29, 1.82) is 0 Å². The molecule has 30 heavy (non-hydrogen) atoms. The second-order valence-corrected chi connectivity index (χ2v) is 9.75. The molecule has 1 saturated heterocycles. The van der Waals surface area contributed by atoms with Crippen LogP contribution in [0.4, 0.5) is 0 Å². The van der Waals surface area contributed by atoms with E-state index in [4.69, 9.17) is 4.74 Å². The van der Waals surface area contributed by atoms with Crippen LogP contribution in [0.25, 0.3) is 0 Å². The molecule has 0 N–H and O–H groups in total. The molecule has 164 valence electrons. The second-order valence-electron chi connectivity index (χ2n) is 7.81. The highest BCUT2D eigenvalue weighted by Crippen LogP contribution is 2.25. The number of ether oxygens (including phenoxy) is 1. The number of rotatable bonds is 7. The van der Waals surface area contributed by atoms with Gasteiger partial charge in [-0.1, -0.05) is 10.3 Å². The summed E-state index contributed by atoms with van der Waals surface area (Å²) in [5, 5.41) is 4.48. The number of fused-ring (bicyclic) bond motifs is 1. The largest absolute Gasteiger partial charge is 0.593 e. The molecule has 10 heteroatoms. The van der Waals surface area contributed by atoms with Crippen molar-refractivity contribution in [2.24, 2.45) is 0 Å². The number of methoxy groups -OCH3 is 1. The third kappa shape index (κ3) is 4.36. The smallest absolute Gasteiger partial charge is 0.345 e. The molecule has 1 atom stereocenters. The average Bonchev–Trinajstić information content (AvgIpc) is 3.10. The Kier molecular flexibility index (Phi) is 6.37. The SMILES string of the molecule is COc1cccc([S+](=O)([O-])N2CCN(CCCn3nc4n(c3=O)CCCC4)CC2)c1. The topological polar surface area (TPSA) is 95.7 Å². The maximum atomic E-state index is 12.9. The summed E-state index contributed by atoms with van der Waals surface area (Å²) in [7, 11) is -2.00. The number of aryl methyl sites for hydroxylation is 2. The van der Waals surface area contributed by atoms with Crippen LogP contribution in [0.3, 0.4) is 0 Å². The van der Waals surface area contributed by atoms with Crippen molar-refractivity contribution in [2.45, 2.75) is 43.7 Å². The van der Waals surface area contributed by atoms with Crippen LogP contribution in [-0.4, -0.2) is 67.9 Å². The van der Waals surface area contributed by atoms with Gasteiger partial charge in [0, 0.05) is 45.2 Å². The van der Waals surface area contributed by atoms with Crippen molar-refractivity contribution in [1.82, 2.24) is 23.6 Å². The summed E-state index contributed by atoms with van der Waals surface area (Å²) >= 11 is 0. The van der Waals surface area contributed by atoms with Crippen molar-refractivity contribution >= 4 is 10.4 Å². The van der Waals surface area contributed by atoms with Crippen LogP contribution < -0.4 is 10.4 Å². The third-order valence-corrected chi connectivity index (χ3v) is 7.78. The highest BCUT2D eigenvalue weighted by molar-refractivity contribution is 7.95. The molecular formula is C20H29N5O4S. The molecule has 0 bridgehead atoms. The summed E-state index contributed by atoms with van der Waals surface area (Å²) < 4.78 is 35.9. The van der Waals surface area contributed by atoms with E-state index in [2.05, 4.69) is 10.00 Å². The number of hydrogen-bond acceptors (Lipinski definition) is 6. The number of nitrogens with zero attached hydrogens (tertiary/aromatic N) is 5. The molecule has 2 aliphatic heterocycles. The number of aromatic nitrogens is 3. The van der Waals surface area contributed by atoms with E-state index in [1.165, 1.54) is 11.4 Å². The van der Waals surface area contributed by atoms with Crippen LogP contribution in [0.1, 0.15) is 25.1 Å². The molecule has 0 spiro atoms. The van der Waals surface area contributed by atoms with Gasteiger partial charge in [0.2, 0.25) is 0 Å². The minimum absolute atomic E-state index is 0.00102. The molecule has 0 radical (unpaired) electrons. The standard InChI is InChI=1S/C20H29N5O4S/c1-29-17-6-4-7-18(16-17)30(27,28)23-14-12-22(13-15-23)9-5-11-25-20(26)24-10-3-2-8-19(24)21-25/h4,6-7,16H,2-3,5,8-15H2,1H3. The second kappa shape index (κ2) is 9.01. The predicted molar refractivity (Wildman–Crippen MR) is 112 cm³/mol. The summed E-state index contributed by atoms with van der Waals surface area (Å²) in [4.78, 5) is 14.9. The van der Waals surface area contributed by atoms with Gasteiger partial charge in [-0.2, -0.15) is 5.10 Å². The van der Waals surface area contributed by atoms with Gasteiger partial charge in [-0.05, 0) is 31.4 Å². The fraction of sp³-hybridized carbons (Fsp3) is 0.600. The first-order valence-corrected chi connectivity index (χ1v) is 12.0. The Hall–Kier alpha value is -2.01. The minimum atomic E-state index is -3.52. The van der Waals surface area contributed by atoms with E-state index in [1.54, 1.807) is 33.5 Å². The van der Waals surface area contributed by atoms with Crippen LogP contribution in [0.15, 0.2) is 34.0 Å². The molecule has 1 fully saturated rings. The van der Waals surface area contributed by atoms with Gasteiger partial charge in [-0.3, -0.25) is 4.57 Å². The van der Waals surface area contributed by atoms with Gasteiger partial charge < -0.3 is 14.2 Å². The van der Waals surface area contributed by atoms with E-state index < -0.39 is 10.4 Å². The summed E-state index contributed by atoms with van der Waals surface area (Å²) in [6, 6.07) is 6.59. The molecule has 9 nitrogen and oxygen atoms in total. The van der Waals surface area contributed by atoms with Crippen molar-refractivity contribution < 1.29 is 13.5 Å².